The lowest BCUT2D eigenvalue weighted by atomic mass is 10.3. The van der Waals surface area contributed by atoms with Crippen molar-refractivity contribution in [2.24, 2.45) is 136 Å². The number of nitrogens with zero attached hydrogens (tertiary/aromatic N) is 26. The molecule has 0 spiro atoms. The first-order valence-electron chi connectivity index (χ1n) is 8.46. The molecule has 1 atom stereocenters. The Morgan fingerprint density at radius 3 is 1.38 bits per heavy atom. The number of ether oxygens (including phenoxy) is 1. The van der Waals surface area contributed by atoms with Gasteiger partial charge >= 0.3 is 0 Å². The minimum absolute atomic E-state index is 0.302. The largest absolute Gasteiger partial charge is 0.355 e. The highest BCUT2D eigenvalue weighted by Gasteiger charge is 2.13. The molecule has 0 aliphatic carbocycles. The van der Waals surface area contributed by atoms with Gasteiger partial charge in [-0.05, 0) is 145 Å². The molecule has 0 aromatic carbocycles. The van der Waals surface area contributed by atoms with Crippen LogP contribution < -0.4 is 5.53 Å². The fourth-order valence-electron chi connectivity index (χ4n) is 1.25. The smallest absolute Gasteiger partial charge is 0.170 e. The monoisotopic (exact) mass is 479 g/mol. The molecule has 1 rings (SSSR count). The van der Waals surface area contributed by atoms with Gasteiger partial charge in [0.1, 0.15) is 0 Å². The predicted molar refractivity (Wildman–Crippen MR) is 95.8 cm³/mol. The highest BCUT2D eigenvalue weighted by molar-refractivity contribution is 4.58. The summed E-state index contributed by atoms with van der Waals surface area (Å²) in [6, 6.07) is 0. The highest BCUT2D eigenvalue weighted by Crippen LogP contribution is 2.13. The molecular formula is C6H13N27O. The molecule has 1 fully saturated rings. The Morgan fingerprint density at radius 1 is 0.559 bits per heavy atom. The van der Waals surface area contributed by atoms with Crippen molar-refractivity contribution in [2.45, 2.75) is 26.0 Å². The molecule has 1 unspecified atom stereocenters. The van der Waals surface area contributed by atoms with E-state index in [-0.39, 0.29) is 6.23 Å². The number of rotatable bonds is 15. The van der Waals surface area contributed by atoms with E-state index in [2.05, 4.69) is 136 Å². The lowest BCUT2D eigenvalue weighted by Crippen LogP contribution is -1.97. The zero-order chi connectivity index (χ0) is 24.2. The minimum Gasteiger partial charge on any atom is -0.355 e. The lowest BCUT2D eigenvalue weighted by Gasteiger charge is -1.95. The van der Waals surface area contributed by atoms with Crippen LogP contribution in [0.5, 0.6) is 0 Å². The number of hydrogen-bond donors (Lipinski definition) is 1. The molecule has 1 N–H and O–H groups in total. The molecule has 28 heteroatoms. The van der Waals surface area contributed by atoms with Crippen molar-refractivity contribution < 1.29 is 4.74 Å². The van der Waals surface area contributed by atoms with Crippen LogP contribution in [0.15, 0.2) is 136 Å². The zero-order valence-corrected chi connectivity index (χ0v) is 16.9. The molecule has 0 bridgehead atoms. The van der Waals surface area contributed by atoms with Crippen molar-refractivity contribution in [3.05, 3.63) is 0 Å². The summed E-state index contributed by atoms with van der Waals surface area (Å²) < 4.78 is 5.17. The Morgan fingerprint density at radius 2 is 0.971 bits per heavy atom. The van der Waals surface area contributed by atoms with E-state index in [1.54, 1.807) is 6.92 Å². The van der Waals surface area contributed by atoms with Crippen LogP contribution in [0.25, 0.3) is 0 Å². The van der Waals surface area contributed by atoms with E-state index < -0.39 is 0 Å². The van der Waals surface area contributed by atoms with Gasteiger partial charge in [-0.2, -0.15) is 10.6 Å². The van der Waals surface area contributed by atoms with E-state index in [1.165, 1.54) is 0 Å². The van der Waals surface area contributed by atoms with Crippen molar-refractivity contribution in [3.63, 3.8) is 0 Å². The third-order valence-corrected chi connectivity index (χ3v) is 2.27. The fraction of sp³-hybridized carbons (Fsp3) is 1.00. The molecule has 1 saturated heterocycles. The summed E-state index contributed by atoms with van der Waals surface area (Å²) in [5.74, 6) is 0. The molecule has 0 aromatic rings. The van der Waals surface area contributed by atoms with Gasteiger partial charge in [-0.1, -0.05) is 0 Å². The summed E-state index contributed by atoms with van der Waals surface area (Å²) in [5.41, 5.74) is 1.94. The van der Waals surface area contributed by atoms with Gasteiger partial charge in [-0.15, -0.1) is 5.11 Å². The second-order valence-corrected chi connectivity index (χ2v) is 4.31. The molecule has 0 saturated carbocycles. The van der Waals surface area contributed by atoms with Crippen LogP contribution in [0.3, 0.4) is 0 Å². The maximum atomic E-state index is 5.17. The van der Waals surface area contributed by atoms with E-state index >= 15 is 0 Å². The predicted octanol–water partition coefficient (Wildman–Crippen LogP) is 5.51. The van der Waals surface area contributed by atoms with Crippen molar-refractivity contribution in [3.8, 4) is 0 Å². The third kappa shape index (κ3) is 18.6. The molecule has 1 heterocycles. The van der Waals surface area contributed by atoms with Crippen LogP contribution in [-0.2, 0) is 4.74 Å². The first kappa shape index (κ1) is 26.6. The first-order valence-corrected chi connectivity index (χ1v) is 8.46. The molecule has 0 aromatic heterocycles. The van der Waals surface area contributed by atoms with Gasteiger partial charge in [0.25, 0.3) is 0 Å². The SMILES string of the molecule is CCN=NN=NN=NN=NN=NN=NN=NNN=NN=NN=NN=NN=NN=NC1CCCO1. The standard InChI is InChI=1S/C6H13N27O/c1-2-7-9-11-13-15-17-19-21-23-25-27-29-31-33-32-30-28-26-24-22-20-18-16-14-12-10-8-6-4-3-5-34-6/h6H,2-5H2,1H3,(H,7,8,11,12,15,16,19,20,23,24,27,28,31,32). The van der Waals surface area contributed by atoms with Crippen molar-refractivity contribution in [1.29, 1.82) is 0 Å². The Kier molecular flexibility index (Phi) is 17.4. The van der Waals surface area contributed by atoms with E-state index in [0.29, 0.717) is 13.2 Å². The van der Waals surface area contributed by atoms with Crippen molar-refractivity contribution in [1.82, 2.24) is 5.53 Å². The average molecular weight is 479 g/mol. The molecular weight excluding hydrogens is 466 g/mol. The quantitative estimate of drug-likeness (QED) is 0.234. The van der Waals surface area contributed by atoms with Gasteiger partial charge in [0.05, 0.1) is 6.54 Å². The van der Waals surface area contributed by atoms with Crippen molar-refractivity contribution >= 4 is 0 Å². The lowest BCUT2D eigenvalue weighted by molar-refractivity contribution is 0.111. The number of hydrogen-bond acceptors (Lipinski definition) is 5. The topological polar surface area (TPSA) is 343 Å². The molecule has 1 aliphatic heterocycles. The van der Waals surface area contributed by atoms with E-state index in [1.807, 2.05) is 5.53 Å². The average Bonchev–Trinajstić information content (AvgIpc) is 3.37. The van der Waals surface area contributed by atoms with Gasteiger partial charge in [0.15, 0.2) is 6.23 Å². The van der Waals surface area contributed by atoms with Gasteiger partial charge in [-0.25, -0.2) is 0 Å². The van der Waals surface area contributed by atoms with Crippen LogP contribution in [-0.4, -0.2) is 19.4 Å². The molecule has 34 heavy (non-hydrogen) atoms. The summed E-state index contributed by atoms with van der Waals surface area (Å²) >= 11 is 0. The second kappa shape index (κ2) is 22.2. The van der Waals surface area contributed by atoms with Crippen LogP contribution in [0.4, 0.5) is 0 Å². The van der Waals surface area contributed by atoms with Crippen molar-refractivity contribution in [2.75, 3.05) is 13.2 Å². The summed E-state index contributed by atoms with van der Waals surface area (Å²) in [5, 5.41) is 81.9. The highest BCUT2D eigenvalue weighted by atomic mass is 16.5. The van der Waals surface area contributed by atoms with Gasteiger partial charge in [-0.3, -0.25) is 0 Å². The molecule has 0 radical (unpaired) electrons. The normalized spacial score (nSPS) is 18.9. The van der Waals surface area contributed by atoms with E-state index in [4.69, 9.17) is 4.74 Å². The van der Waals surface area contributed by atoms with Crippen LogP contribution >= 0.6 is 0 Å². The van der Waals surface area contributed by atoms with E-state index in [9.17, 15) is 0 Å². The molecule has 28 nitrogen and oxygen atoms in total. The van der Waals surface area contributed by atoms with Gasteiger partial charge in [0, 0.05) is 6.61 Å². The third-order valence-electron chi connectivity index (χ3n) is 2.27. The Hall–Kier alpha value is -5.44. The minimum atomic E-state index is -0.302. The molecule has 0 amide bonds. The maximum Gasteiger partial charge on any atom is 0.170 e. The maximum absolute atomic E-state index is 5.17. The second-order valence-electron chi connectivity index (χ2n) is 4.31. The Balaban J connectivity index is 2.07. The fourth-order valence-corrected chi connectivity index (χ4v) is 1.25. The first-order chi connectivity index (χ1) is 16.9. The summed E-state index contributed by atoms with van der Waals surface area (Å²) in [6.45, 7) is 2.87. The van der Waals surface area contributed by atoms with Gasteiger partial charge in [0.2, 0.25) is 0 Å². The summed E-state index contributed by atoms with van der Waals surface area (Å²) in [6.07, 6.45) is 1.40. The number of nitrogens with one attached hydrogen (secondary N) is 1. The van der Waals surface area contributed by atoms with Crippen LogP contribution in [0.2, 0.25) is 0 Å². The Bertz CT molecular complexity index is 890. The van der Waals surface area contributed by atoms with Gasteiger partial charge < -0.3 is 4.74 Å². The zero-order valence-electron chi connectivity index (χ0n) is 16.9. The van der Waals surface area contributed by atoms with Crippen LogP contribution in [0.1, 0.15) is 19.8 Å². The van der Waals surface area contributed by atoms with E-state index in [0.717, 1.165) is 12.8 Å². The molecule has 1 aliphatic rings. The summed E-state index contributed by atoms with van der Waals surface area (Å²) in [4.78, 5) is 0. The molecule has 178 valence electrons. The summed E-state index contributed by atoms with van der Waals surface area (Å²) in [7, 11) is 0. The Labute approximate surface area is 186 Å². The van der Waals surface area contributed by atoms with Crippen LogP contribution in [0, 0.1) is 0 Å².